The van der Waals surface area contributed by atoms with E-state index < -0.39 is 0 Å². The van der Waals surface area contributed by atoms with Gasteiger partial charge >= 0.3 is 0 Å². The average molecular weight is 241 g/mol. The van der Waals surface area contributed by atoms with Crippen molar-refractivity contribution in [2.24, 2.45) is 0 Å². The fourth-order valence-electron chi connectivity index (χ4n) is 1.39. The van der Waals surface area contributed by atoms with Crippen molar-refractivity contribution in [1.82, 2.24) is 4.98 Å². The van der Waals surface area contributed by atoms with Crippen molar-refractivity contribution in [2.45, 2.75) is 4.90 Å². The molecule has 0 aliphatic heterocycles. The first-order valence-electron chi connectivity index (χ1n) is 5.09. The van der Waals surface area contributed by atoms with Gasteiger partial charge in [-0.05, 0) is 42.7 Å². The van der Waals surface area contributed by atoms with E-state index in [2.05, 4.69) is 16.4 Å². The van der Waals surface area contributed by atoms with Gasteiger partial charge in [-0.25, -0.2) is 4.98 Å². The summed E-state index contributed by atoms with van der Waals surface area (Å²) in [5.74, 6) is 0.681. The van der Waals surface area contributed by atoms with E-state index in [-0.39, 0.29) is 0 Å². The molecule has 1 aromatic carbocycles. The number of benzene rings is 1. The molecule has 0 saturated carbocycles. The summed E-state index contributed by atoms with van der Waals surface area (Å²) in [6, 6.07) is 13.6. The van der Waals surface area contributed by atoms with Gasteiger partial charge in [-0.2, -0.15) is 5.26 Å². The van der Waals surface area contributed by atoms with E-state index in [0.717, 1.165) is 5.69 Å². The molecule has 2 aromatic rings. The van der Waals surface area contributed by atoms with Crippen molar-refractivity contribution >= 4 is 23.3 Å². The summed E-state index contributed by atoms with van der Waals surface area (Å²) in [4.78, 5) is 5.37. The Kier molecular flexibility index (Phi) is 3.63. The van der Waals surface area contributed by atoms with Gasteiger partial charge in [0.15, 0.2) is 0 Å². The second-order valence-corrected chi connectivity index (χ2v) is 4.27. The summed E-state index contributed by atoms with van der Waals surface area (Å²) < 4.78 is 0. The van der Waals surface area contributed by atoms with E-state index in [4.69, 9.17) is 5.26 Å². The van der Waals surface area contributed by atoms with Crippen LogP contribution in [0.4, 0.5) is 11.5 Å². The smallest absolute Gasteiger partial charge is 0.131 e. The Morgan fingerprint density at radius 2 is 2.00 bits per heavy atom. The van der Waals surface area contributed by atoms with Gasteiger partial charge in [0.2, 0.25) is 0 Å². The molecule has 1 aromatic heterocycles. The van der Waals surface area contributed by atoms with Crippen molar-refractivity contribution in [3.8, 4) is 6.07 Å². The van der Waals surface area contributed by atoms with Crippen LogP contribution in [0.2, 0.25) is 0 Å². The highest BCUT2D eigenvalue weighted by Crippen LogP contribution is 2.20. The van der Waals surface area contributed by atoms with E-state index in [1.165, 1.54) is 4.90 Å². The van der Waals surface area contributed by atoms with Gasteiger partial charge in [0.1, 0.15) is 5.82 Å². The third-order valence-corrected chi connectivity index (χ3v) is 3.00. The largest absolute Gasteiger partial charge is 0.340 e. The lowest BCUT2D eigenvalue weighted by atomic mass is 10.2. The molecule has 84 valence electrons. The quantitative estimate of drug-likeness (QED) is 0.836. The van der Waals surface area contributed by atoms with Gasteiger partial charge < -0.3 is 5.32 Å². The molecule has 3 nitrogen and oxygen atoms in total. The van der Waals surface area contributed by atoms with E-state index >= 15 is 0 Å². The predicted molar refractivity (Wildman–Crippen MR) is 70.5 cm³/mol. The average Bonchev–Trinajstić information content (AvgIpc) is 2.40. The van der Waals surface area contributed by atoms with Crippen molar-refractivity contribution in [1.29, 1.82) is 5.26 Å². The molecule has 2 rings (SSSR count). The minimum Gasteiger partial charge on any atom is -0.340 e. The van der Waals surface area contributed by atoms with Crippen LogP contribution in [-0.2, 0) is 0 Å². The first-order chi connectivity index (χ1) is 8.31. The molecule has 0 fully saturated rings. The Labute approximate surface area is 105 Å². The Morgan fingerprint density at radius 3 is 2.65 bits per heavy atom. The monoisotopic (exact) mass is 241 g/mol. The predicted octanol–water partition coefficient (Wildman–Crippen LogP) is 3.42. The Hall–Kier alpha value is -1.99. The second kappa shape index (κ2) is 5.37. The second-order valence-electron chi connectivity index (χ2n) is 3.40. The van der Waals surface area contributed by atoms with Gasteiger partial charge in [-0.1, -0.05) is 0 Å². The van der Waals surface area contributed by atoms with Crippen LogP contribution >= 0.6 is 11.8 Å². The Bertz CT molecular complexity index is 543. The molecule has 0 radical (unpaired) electrons. The number of nitriles is 1. The first-order valence-corrected chi connectivity index (χ1v) is 6.31. The number of hydrogen-bond acceptors (Lipinski definition) is 4. The van der Waals surface area contributed by atoms with E-state index in [0.29, 0.717) is 11.4 Å². The summed E-state index contributed by atoms with van der Waals surface area (Å²) in [6.07, 6.45) is 3.66. The standard InChI is InChI=1S/C13H11N3S/c1-17-12-4-2-11(3-5-12)16-13-8-10(9-14)6-7-15-13/h2-8H,1H3,(H,15,16). The molecule has 0 amide bonds. The lowest BCUT2D eigenvalue weighted by Gasteiger charge is -2.06. The molecule has 4 heteroatoms. The van der Waals surface area contributed by atoms with E-state index in [1.807, 2.05) is 30.5 Å². The topological polar surface area (TPSA) is 48.7 Å². The summed E-state index contributed by atoms with van der Waals surface area (Å²) in [5, 5.41) is 11.9. The maximum Gasteiger partial charge on any atom is 0.131 e. The SMILES string of the molecule is CSc1ccc(Nc2cc(C#N)ccn2)cc1. The number of thioether (sulfide) groups is 1. The number of nitrogens with zero attached hydrogens (tertiary/aromatic N) is 2. The van der Waals surface area contributed by atoms with Crippen LogP contribution in [0.15, 0.2) is 47.5 Å². The fraction of sp³-hybridized carbons (Fsp3) is 0.0769. The highest BCUT2D eigenvalue weighted by Gasteiger charge is 1.98. The summed E-state index contributed by atoms with van der Waals surface area (Å²) in [6.45, 7) is 0. The maximum absolute atomic E-state index is 8.79. The van der Waals surface area contributed by atoms with Gasteiger partial charge in [0, 0.05) is 16.8 Å². The molecule has 0 aliphatic carbocycles. The summed E-state index contributed by atoms with van der Waals surface area (Å²) in [5.41, 5.74) is 1.56. The normalized spacial score (nSPS) is 9.65. The minimum absolute atomic E-state index is 0.600. The molecular weight excluding hydrogens is 230 g/mol. The lowest BCUT2D eigenvalue weighted by molar-refractivity contribution is 1.29. The number of hydrogen-bond donors (Lipinski definition) is 1. The molecule has 17 heavy (non-hydrogen) atoms. The lowest BCUT2D eigenvalue weighted by Crippen LogP contribution is -1.93. The molecular formula is C13H11N3S. The van der Waals surface area contributed by atoms with Crippen LogP contribution in [0, 0.1) is 11.3 Å². The Balaban J connectivity index is 2.16. The van der Waals surface area contributed by atoms with E-state index in [1.54, 1.807) is 30.1 Å². The Morgan fingerprint density at radius 1 is 1.24 bits per heavy atom. The zero-order valence-corrected chi connectivity index (χ0v) is 10.2. The van der Waals surface area contributed by atoms with Crippen molar-refractivity contribution in [2.75, 3.05) is 11.6 Å². The zero-order chi connectivity index (χ0) is 12.1. The number of pyridine rings is 1. The van der Waals surface area contributed by atoms with Crippen LogP contribution in [0.1, 0.15) is 5.56 Å². The molecule has 0 spiro atoms. The molecule has 0 bridgehead atoms. The van der Waals surface area contributed by atoms with Gasteiger partial charge in [0.05, 0.1) is 11.6 Å². The highest BCUT2D eigenvalue weighted by atomic mass is 32.2. The number of aromatic nitrogens is 1. The van der Waals surface area contributed by atoms with Crippen molar-refractivity contribution < 1.29 is 0 Å². The highest BCUT2D eigenvalue weighted by molar-refractivity contribution is 7.98. The van der Waals surface area contributed by atoms with Crippen LogP contribution in [0.25, 0.3) is 0 Å². The third-order valence-electron chi connectivity index (χ3n) is 2.25. The van der Waals surface area contributed by atoms with Gasteiger partial charge in [0.25, 0.3) is 0 Å². The fourth-order valence-corrected chi connectivity index (χ4v) is 1.80. The van der Waals surface area contributed by atoms with Crippen LogP contribution in [-0.4, -0.2) is 11.2 Å². The van der Waals surface area contributed by atoms with Gasteiger partial charge in [-0.3, -0.25) is 0 Å². The van der Waals surface area contributed by atoms with Crippen LogP contribution in [0.5, 0.6) is 0 Å². The number of nitrogens with one attached hydrogen (secondary N) is 1. The van der Waals surface area contributed by atoms with Crippen molar-refractivity contribution in [3.63, 3.8) is 0 Å². The van der Waals surface area contributed by atoms with Crippen LogP contribution < -0.4 is 5.32 Å². The molecule has 1 heterocycles. The van der Waals surface area contributed by atoms with Crippen molar-refractivity contribution in [3.05, 3.63) is 48.2 Å². The molecule has 0 saturated heterocycles. The molecule has 0 aliphatic rings. The summed E-state index contributed by atoms with van der Waals surface area (Å²) in [7, 11) is 0. The molecule has 1 N–H and O–H groups in total. The zero-order valence-electron chi connectivity index (χ0n) is 9.34. The summed E-state index contributed by atoms with van der Waals surface area (Å²) >= 11 is 1.70. The van der Waals surface area contributed by atoms with Gasteiger partial charge in [-0.15, -0.1) is 11.8 Å². The minimum atomic E-state index is 0.600. The third kappa shape index (κ3) is 2.99. The number of rotatable bonds is 3. The molecule has 0 unspecified atom stereocenters. The van der Waals surface area contributed by atoms with E-state index in [9.17, 15) is 0 Å². The number of anilines is 2. The first kappa shape index (κ1) is 11.5. The maximum atomic E-state index is 8.79. The van der Waals surface area contributed by atoms with Crippen LogP contribution in [0.3, 0.4) is 0 Å². The molecule has 0 atom stereocenters.